The zero-order valence-corrected chi connectivity index (χ0v) is 54.3. The smallest absolute Gasteiger partial charge is 0.306 e. The van der Waals surface area contributed by atoms with E-state index in [1.54, 1.807) is 0 Å². The van der Waals surface area contributed by atoms with Crippen molar-refractivity contribution in [3.63, 3.8) is 0 Å². The molecule has 0 heterocycles. The minimum Gasteiger partial charge on any atom is -0.462 e. The highest BCUT2D eigenvalue weighted by atomic mass is 16.6. The Bertz CT molecular complexity index is 1440. The highest BCUT2D eigenvalue weighted by Crippen LogP contribution is 2.18. The lowest BCUT2D eigenvalue weighted by Gasteiger charge is -2.18. The van der Waals surface area contributed by atoms with Crippen molar-refractivity contribution in [3.8, 4) is 0 Å². The molecule has 0 rings (SSSR count). The number of hydrogen-bond acceptors (Lipinski definition) is 6. The molecule has 0 fully saturated rings. The summed E-state index contributed by atoms with van der Waals surface area (Å²) in [4.78, 5) is 38.3. The van der Waals surface area contributed by atoms with Crippen LogP contribution in [0.2, 0.25) is 0 Å². The van der Waals surface area contributed by atoms with Crippen LogP contribution in [0.4, 0.5) is 0 Å². The van der Waals surface area contributed by atoms with Crippen LogP contribution in [0.3, 0.4) is 0 Å². The first kappa shape index (κ1) is 78.1. The molecular weight excluding hydrogens is 997 g/mol. The predicted molar refractivity (Wildman–Crippen MR) is 353 cm³/mol. The second-order valence-corrected chi connectivity index (χ2v) is 24.1. The van der Waals surface area contributed by atoms with E-state index in [2.05, 4.69) is 81.5 Å². The van der Waals surface area contributed by atoms with E-state index < -0.39 is 6.10 Å². The highest BCUT2D eigenvalue weighted by Gasteiger charge is 2.19. The molecule has 0 aromatic carbocycles. The number of unbranched alkanes of at least 4 members (excludes halogenated alkanes) is 45. The zero-order chi connectivity index (χ0) is 58.5. The van der Waals surface area contributed by atoms with Gasteiger partial charge in [0.25, 0.3) is 0 Å². The topological polar surface area (TPSA) is 78.9 Å². The second-order valence-electron chi connectivity index (χ2n) is 24.1. The van der Waals surface area contributed by atoms with Crippen LogP contribution in [0.5, 0.6) is 0 Å². The van der Waals surface area contributed by atoms with Crippen LogP contribution in [0, 0.1) is 0 Å². The largest absolute Gasteiger partial charge is 0.462 e. The van der Waals surface area contributed by atoms with Crippen LogP contribution in [0.15, 0.2) is 60.8 Å². The van der Waals surface area contributed by atoms with Gasteiger partial charge in [0.1, 0.15) is 13.2 Å². The van der Waals surface area contributed by atoms with Crippen LogP contribution < -0.4 is 0 Å². The molecule has 0 saturated heterocycles. The first-order valence-corrected chi connectivity index (χ1v) is 35.8. The van der Waals surface area contributed by atoms with Gasteiger partial charge >= 0.3 is 17.9 Å². The van der Waals surface area contributed by atoms with Crippen molar-refractivity contribution >= 4 is 17.9 Å². The van der Waals surface area contributed by atoms with Gasteiger partial charge in [0.15, 0.2) is 6.10 Å². The molecule has 0 aromatic heterocycles. The van der Waals surface area contributed by atoms with Crippen molar-refractivity contribution in [3.05, 3.63) is 60.8 Å². The maximum absolute atomic E-state index is 12.9. The zero-order valence-electron chi connectivity index (χ0n) is 54.3. The average Bonchev–Trinajstić information content (AvgIpc) is 3.47. The van der Waals surface area contributed by atoms with E-state index in [9.17, 15) is 14.4 Å². The van der Waals surface area contributed by atoms with Gasteiger partial charge in [0.2, 0.25) is 0 Å². The summed E-state index contributed by atoms with van der Waals surface area (Å²) in [5, 5.41) is 0. The molecule has 0 aliphatic rings. The molecule has 472 valence electrons. The first-order valence-electron chi connectivity index (χ1n) is 35.8. The van der Waals surface area contributed by atoms with Crippen molar-refractivity contribution in [2.75, 3.05) is 13.2 Å². The van der Waals surface area contributed by atoms with Crippen molar-refractivity contribution in [2.45, 2.75) is 386 Å². The number of hydrogen-bond donors (Lipinski definition) is 0. The van der Waals surface area contributed by atoms with Crippen LogP contribution in [-0.2, 0) is 28.6 Å². The van der Waals surface area contributed by atoms with Crippen LogP contribution in [-0.4, -0.2) is 37.2 Å². The Kier molecular flexibility index (Phi) is 67.1. The van der Waals surface area contributed by atoms with E-state index in [1.165, 1.54) is 257 Å². The van der Waals surface area contributed by atoms with Crippen molar-refractivity contribution < 1.29 is 28.6 Å². The molecule has 0 saturated carbocycles. The molecule has 6 nitrogen and oxygen atoms in total. The van der Waals surface area contributed by atoms with Gasteiger partial charge in [0, 0.05) is 19.3 Å². The lowest BCUT2D eigenvalue weighted by atomic mass is 10.0. The third-order valence-corrected chi connectivity index (χ3v) is 16.0. The third kappa shape index (κ3) is 67.8. The molecule has 0 bridgehead atoms. The third-order valence-electron chi connectivity index (χ3n) is 16.0. The van der Waals surface area contributed by atoms with E-state index in [0.29, 0.717) is 19.3 Å². The molecule has 0 aliphatic carbocycles. The maximum atomic E-state index is 12.9. The summed E-state index contributed by atoms with van der Waals surface area (Å²) in [7, 11) is 0. The Morgan fingerprint density at radius 1 is 0.259 bits per heavy atom. The van der Waals surface area contributed by atoms with Gasteiger partial charge in [-0.1, -0.05) is 338 Å². The first-order chi connectivity index (χ1) is 40.0. The minimum absolute atomic E-state index is 0.0687. The summed E-state index contributed by atoms with van der Waals surface area (Å²) in [6.07, 6.45) is 89.9. The predicted octanol–water partition coefficient (Wildman–Crippen LogP) is 24.7. The van der Waals surface area contributed by atoms with Gasteiger partial charge in [0.05, 0.1) is 0 Å². The normalized spacial score (nSPS) is 12.4. The molecule has 0 radical (unpaired) electrons. The Labute approximate surface area is 504 Å². The van der Waals surface area contributed by atoms with Crippen LogP contribution >= 0.6 is 0 Å². The summed E-state index contributed by atoms with van der Waals surface area (Å²) in [5.41, 5.74) is 0. The Morgan fingerprint density at radius 3 is 0.765 bits per heavy atom. The number of allylic oxidation sites excluding steroid dienone is 10. The molecule has 0 aliphatic heterocycles. The summed E-state index contributed by atoms with van der Waals surface area (Å²) in [5.74, 6) is -0.849. The average molecular weight is 1130 g/mol. The summed E-state index contributed by atoms with van der Waals surface area (Å²) >= 11 is 0. The van der Waals surface area contributed by atoms with E-state index in [4.69, 9.17) is 14.2 Å². The number of carbonyl (C=O) groups is 3. The minimum atomic E-state index is -0.771. The number of rotatable bonds is 66. The van der Waals surface area contributed by atoms with E-state index in [-0.39, 0.29) is 31.1 Å². The summed E-state index contributed by atoms with van der Waals surface area (Å²) in [6, 6.07) is 0. The monoisotopic (exact) mass is 1130 g/mol. The number of carbonyl (C=O) groups excluding carboxylic acids is 3. The van der Waals surface area contributed by atoms with Crippen molar-refractivity contribution in [1.29, 1.82) is 0 Å². The number of esters is 3. The second kappa shape index (κ2) is 69.6. The van der Waals surface area contributed by atoms with Crippen molar-refractivity contribution in [1.82, 2.24) is 0 Å². The Morgan fingerprint density at radius 2 is 0.481 bits per heavy atom. The fourth-order valence-electron chi connectivity index (χ4n) is 10.7. The van der Waals surface area contributed by atoms with Crippen LogP contribution in [0.1, 0.15) is 380 Å². The van der Waals surface area contributed by atoms with Gasteiger partial charge in [-0.15, -0.1) is 0 Å². The molecule has 1 atom stereocenters. The summed E-state index contributed by atoms with van der Waals surface area (Å²) in [6.45, 7) is 6.56. The maximum Gasteiger partial charge on any atom is 0.306 e. The Balaban J connectivity index is 4.06. The molecule has 0 amide bonds. The molecular formula is C75H136O6. The lowest BCUT2D eigenvalue weighted by Crippen LogP contribution is -2.30. The van der Waals surface area contributed by atoms with Gasteiger partial charge in [-0.25, -0.2) is 0 Å². The van der Waals surface area contributed by atoms with Crippen LogP contribution in [0.25, 0.3) is 0 Å². The van der Waals surface area contributed by atoms with Gasteiger partial charge < -0.3 is 14.2 Å². The van der Waals surface area contributed by atoms with E-state index in [0.717, 1.165) is 83.5 Å². The molecule has 0 N–H and O–H groups in total. The fraction of sp³-hybridized carbons (Fsp3) is 0.827. The number of ether oxygens (including phenoxy) is 3. The highest BCUT2D eigenvalue weighted by molar-refractivity contribution is 5.71. The molecule has 0 spiro atoms. The molecule has 0 aromatic rings. The summed E-state index contributed by atoms with van der Waals surface area (Å²) < 4.78 is 16.9. The Hall–Kier alpha value is -2.89. The van der Waals surface area contributed by atoms with Gasteiger partial charge in [-0.2, -0.15) is 0 Å². The van der Waals surface area contributed by atoms with Crippen molar-refractivity contribution in [2.24, 2.45) is 0 Å². The SMILES string of the molecule is CC/C=C\C/C=C\C/C=C\C/C=C\CCCCCCCCCCCCCCCCCCCCCCC(=O)OCC(COC(=O)CCCCCCCCCCC)OC(=O)CCCCCCCCCCC/C=C\CCCCCCCCCC. The molecule has 1 unspecified atom stereocenters. The van der Waals surface area contributed by atoms with Gasteiger partial charge in [-0.05, 0) is 83.5 Å². The fourth-order valence-corrected chi connectivity index (χ4v) is 10.7. The van der Waals surface area contributed by atoms with E-state index >= 15 is 0 Å². The standard InChI is InChI=1S/C75H136O6/c1-4-7-10-13-16-19-21-23-25-27-29-31-32-33-34-35-36-37-38-39-40-41-42-44-45-47-49-51-53-56-59-62-65-68-74(77)80-71-72(70-79-73(76)67-64-61-58-55-18-15-12-9-6-3)81-75(78)69-66-63-60-57-54-52-50-48-46-43-30-28-26-24-22-20-17-14-11-8-5-2/h7,10,16,19,23,25,28-31,72H,4-6,8-9,11-15,17-18,20-22,24,26-27,32-71H2,1-3H3/b10-7-,19-16-,25-23-,30-28-,31-29-. The molecule has 6 heteroatoms. The molecule has 81 heavy (non-hydrogen) atoms. The lowest BCUT2D eigenvalue weighted by molar-refractivity contribution is -0.167. The quantitative estimate of drug-likeness (QED) is 0.0261. The van der Waals surface area contributed by atoms with E-state index in [1.807, 2.05) is 0 Å². The van der Waals surface area contributed by atoms with Gasteiger partial charge in [-0.3, -0.25) is 14.4 Å².